The molecule has 1 N–H and O–H groups in total. The Balaban J connectivity index is 1.68. The van der Waals surface area contributed by atoms with E-state index < -0.39 is 5.82 Å². The molecule has 5 rings (SSSR count). The first-order chi connectivity index (χ1) is 14.1. The summed E-state index contributed by atoms with van der Waals surface area (Å²) < 4.78 is 14.4. The number of aromatic amines is 1. The number of halogens is 2. The molecule has 144 valence electrons. The predicted molar refractivity (Wildman–Crippen MR) is 113 cm³/mol. The Kier molecular flexibility index (Phi) is 4.36. The zero-order chi connectivity index (χ0) is 20.0. The van der Waals surface area contributed by atoms with Crippen molar-refractivity contribution in [2.75, 3.05) is 6.54 Å². The Morgan fingerprint density at radius 2 is 1.72 bits per heavy atom. The van der Waals surface area contributed by atoms with E-state index in [-0.39, 0.29) is 17.5 Å². The number of amides is 1. The molecule has 1 aliphatic heterocycles. The van der Waals surface area contributed by atoms with Gasteiger partial charge in [-0.25, -0.2) is 4.39 Å². The molecule has 1 aliphatic rings. The number of hydrogen-bond donors (Lipinski definition) is 1. The van der Waals surface area contributed by atoms with Gasteiger partial charge in [-0.15, -0.1) is 0 Å². The number of benzene rings is 3. The van der Waals surface area contributed by atoms with Crippen LogP contribution in [0.2, 0.25) is 5.02 Å². The molecule has 4 aromatic rings. The van der Waals surface area contributed by atoms with Crippen LogP contribution in [-0.4, -0.2) is 22.3 Å². The van der Waals surface area contributed by atoms with Gasteiger partial charge in [0.2, 0.25) is 0 Å². The van der Waals surface area contributed by atoms with Crippen LogP contribution in [0.15, 0.2) is 72.8 Å². The summed E-state index contributed by atoms with van der Waals surface area (Å²) in [4.78, 5) is 18.6. The standard InChI is InChI=1S/C24H18ClFN2O/c25-16-11-9-15(10-12-16)23-22-18(17-5-2-4-8-21(17)27-22)13-14-28(23)24(29)19-6-1-3-7-20(19)26/h1-12,23,27H,13-14H2/t23-/m1/s1. The first-order valence-electron chi connectivity index (χ1n) is 9.54. The van der Waals surface area contributed by atoms with Gasteiger partial charge >= 0.3 is 0 Å². The zero-order valence-corrected chi connectivity index (χ0v) is 16.3. The molecule has 3 aromatic carbocycles. The Morgan fingerprint density at radius 3 is 2.52 bits per heavy atom. The van der Waals surface area contributed by atoms with Crippen LogP contribution in [0.5, 0.6) is 0 Å². The van der Waals surface area contributed by atoms with Crippen LogP contribution in [0.3, 0.4) is 0 Å². The third-order valence-electron chi connectivity index (χ3n) is 5.59. The number of carbonyl (C=O) groups is 1. The minimum atomic E-state index is -0.505. The first-order valence-corrected chi connectivity index (χ1v) is 9.92. The molecule has 0 saturated heterocycles. The fraction of sp³-hybridized carbons (Fsp3) is 0.125. The first kappa shape index (κ1) is 18.0. The van der Waals surface area contributed by atoms with E-state index in [2.05, 4.69) is 11.1 Å². The third-order valence-corrected chi connectivity index (χ3v) is 5.84. The number of aromatic nitrogens is 1. The number of H-pyrrole nitrogens is 1. The summed E-state index contributed by atoms with van der Waals surface area (Å²) in [7, 11) is 0. The Labute approximate surface area is 172 Å². The van der Waals surface area contributed by atoms with Gasteiger partial charge in [0.25, 0.3) is 5.91 Å². The van der Waals surface area contributed by atoms with Gasteiger partial charge in [-0.3, -0.25) is 4.79 Å². The monoisotopic (exact) mass is 404 g/mol. The molecule has 5 heteroatoms. The van der Waals surface area contributed by atoms with Crippen molar-refractivity contribution >= 4 is 28.4 Å². The van der Waals surface area contributed by atoms with Crippen LogP contribution in [0.4, 0.5) is 4.39 Å². The quantitative estimate of drug-likeness (QED) is 0.453. The second-order valence-electron chi connectivity index (χ2n) is 7.25. The predicted octanol–water partition coefficient (Wildman–Crippen LogP) is 5.75. The molecule has 1 atom stereocenters. The fourth-order valence-corrected chi connectivity index (χ4v) is 4.37. The molecule has 3 nitrogen and oxygen atoms in total. The van der Waals surface area contributed by atoms with E-state index >= 15 is 0 Å². The molecule has 0 saturated carbocycles. The van der Waals surface area contributed by atoms with Crippen molar-refractivity contribution in [1.29, 1.82) is 0 Å². The zero-order valence-electron chi connectivity index (χ0n) is 15.5. The van der Waals surface area contributed by atoms with Gasteiger partial charge in [0.05, 0.1) is 11.6 Å². The number of carbonyl (C=O) groups excluding carboxylic acids is 1. The highest BCUT2D eigenvalue weighted by atomic mass is 35.5. The molecule has 2 heterocycles. The van der Waals surface area contributed by atoms with E-state index in [1.54, 1.807) is 17.0 Å². The van der Waals surface area contributed by atoms with Crippen molar-refractivity contribution in [2.45, 2.75) is 12.5 Å². The van der Waals surface area contributed by atoms with Crippen molar-refractivity contribution in [3.63, 3.8) is 0 Å². The highest BCUT2D eigenvalue weighted by molar-refractivity contribution is 6.30. The minimum absolute atomic E-state index is 0.0889. The Hall–Kier alpha value is -3.11. The molecule has 0 spiro atoms. The van der Waals surface area contributed by atoms with E-state index in [0.29, 0.717) is 18.0 Å². The van der Waals surface area contributed by atoms with Gasteiger partial charge < -0.3 is 9.88 Å². The Morgan fingerprint density at radius 1 is 1.00 bits per heavy atom. The lowest BCUT2D eigenvalue weighted by molar-refractivity contribution is 0.0687. The number of nitrogens with one attached hydrogen (secondary N) is 1. The normalized spacial score (nSPS) is 16.1. The summed E-state index contributed by atoms with van der Waals surface area (Å²) in [5.74, 6) is -0.817. The van der Waals surface area contributed by atoms with Gasteiger partial charge in [-0.05, 0) is 47.9 Å². The van der Waals surface area contributed by atoms with Crippen molar-refractivity contribution in [3.05, 3.63) is 106 Å². The van der Waals surface area contributed by atoms with E-state index in [0.717, 1.165) is 16.8 Å². The minimum Gasteiger partial charge on any atom is -0.356 e. The lowest BCUT2D eigenvalue weighted by Gasteiger charge is -2.36. The van der Waals surface area contributed by atoms with Crippen molar-refractivity contribution in [3.8, 4) is 0 Å². The third kappa shape index (κ3) is 3.00. The van der Waals surface area contributed by atoms with E-state index in [1.165, 1.54) is 23.1 Å². The summed E-state index contributed by atoms with van der Waals surface area (Å²) in [5, 5.41) is 1.80. The summed E-state index contributed by atoms with van der Waals surface area (Å²) in [6, 6.07) is 21.4. The van der Waals surface area contributed by atoms with E-state index in [1.807, 2.05) is 42.5 Å². The average Bonchev–Trinajstić information content (AvgIpc) is 3.12. The van der Waals surface area contributed by atoms with Gasteiger partial charge in [0.15, 0.2) is 0 Å². The lowest BCUT2D eigenvalue weighted by Crippen LogP contribution is -2.41. The highest BCUT2D eigenvalue weighted by Crippen LogP contribution is 2.39. The number of nitrogens with zero attached hydrogens (tertiary/aromatic N) is 1. The maximum atomic E-state index is 14.4. The molecule has 0 bridgehead atoms. The summed E-state index contributed by atoms with van der Waals surface area (Å²) >= 11 is 6.09. The average molecular weight is 405 g/mol. The SMILES string of the molecule is O=C(c1ccccc1F)N1CCc2c([nH]c3ccccc23)[C@H]1c1ccc(Cl)cc1. The maximum Gasteiger partial charge on any atom is 0.257 e. The van der Waals surface area contributed by atoms with Gasteiger partial charge in [0, 0.05) is 28.2 Å². The summed E-state index contributed by atoms with van der Waals surface area (Å²) in [5.41, 5.74) is 4.25. The van der Waals surface area contributed by atoms with Crippen LogP contribution < -0.4 is 0 Å². The highest BCUT2D eigenvalue weighted by Gasteiger charge is 2.35. The second-order valence-corrected chi connectivity index (χ2v) is 7.68. The van der Waals surface area contributed by atoms with E-state index in [9.17, 15) is 9.18 Å². The fourth-order valence-electron chi connectivity index (χ4n) is 4.24. The number of hydrogen-bond acceptors (Lipinski definition) is 1. The van der Waals surface area contributed by atoms with E-state index in [4.69, 9.17) is 11.6 Å². The molecule has 1 aromatic heterocycles. The maximum absolute atomic E-state index is 14.4. The van der Waals surface area contributed by atoms with Crippen LogP contribution in [0, 0.1) is 5.82 Å². The molecule has 0 fully saturated rings. The molecule has 1 amide bonds. The van der Waals surface area contributed by atoms with Gasteiger partial charge in [0.1, 0.15) is 5.82 Å². The second kappa shape index (κ2) is 7.05. The van der Waals surface area contributed by atoms with Crippen LogP contribution in [0.25, 0.3) is 10.9 Å². The molecule has 29 heavy (non-hydrogen) atoms. The molecule has 0 unspecified atom stereocenters. The molecule has 0 aliphatic carbocycles. The molecule has 0 radical (unpaired) electrons. The Bertz CT molecular complexity index is 1220. The van der Waals surface area contributed by atoms with Gasteiger partial charge in [-0.1, -0.05) is 54.1 Å². The number of para-hydroxylation sites is 1. The van der Waals surface area contributed by atoms with Crippen molar-refractivity contribution < 1.29 is 9.18 Å². The number of rotatable bonds is 2. The largest absolute Gasteiger partial charge is 0.356 e. The van der Waals surface area contributed by atoms with Crippen LogP contribution in [-0.2, 0) is 6.42 Å². The molecular formula is C24H18ClFN2O. The molecular weight excluding hydrogens is 387 g/mol. The smallest absolute Gasteiger partial charge is 0.257 e. The van der Waals surface area contributed by atoms with Crippen LogP contribution >= 0.6 is 11.6 Å². The van der Waals surface area contributed by atoms with Crippen molar-refractivity contribution in [2.24, 2.45) is 0 Å². The topological polar surface area (TPSA) is 36.1 Å². The van der Waals surface area contributed by atoms with Gasteiger partial charge in [-0.2, -0.15) is 0 Å². The number of fused-ring (bicyclic) bond motifs is 3. The summed E-state index contributed by atoms with van der Waals surface area (Å²) in [6.45, 7) is 0.509. The summed E-state index contributed by atoms with van der Waals surface area (Å²) in [6.07, 6.45) is 0.712. The van der Waals surface area contributed by atoms with Crippen molar-refractivity contribution in [1.82, 2.24) is 9.88 Å². The lowest BCUT2D eigenvalue weighted by atomic mass is 9.91. The van der Waals surface area contributed by atoms with Crippen LogP contribution in [0.1, 0.15) is 33.2 Å².